The first-order valence-corrected chi connectivity index (χ1v) is 9.19. The molecule has 2 aromatic rings. The minimum absolute atomic E-state index is 0.0774. The van der Waals surface area contributed by atoms with E-state index in [0.29, 0.717) is 0 Å². The van der Waals surface area contributed by atoms with Crippen LogP contribution in [0, 0.1) is 11.6 Å². The van der Waals surface area contributed by atoms with Crippen LogP contribution in [0.1, 0.15) is 25.3 Å². The maximum Gasteiger partial charge on any atom is 0.260 e. The van der Waals surface area contributed by atoms with Gasteiger partial charge in [0, 0.05) is 31.7 Å². The second kappa shape index (κ2) is 8.95. The fourth-order valence-corrected chi connectivity index (χ4v) is 3.21. The molecule has 6 heteroatoms. The van der Waals surface area contributed by atoms with Gasteiger partial charge in [0.05, 0.1) is 0 Å². The molecule has 0 aromatic heterocycles. The third-order valence-electron chi connectivity index (χ3n) is 4.75. The lowest BCUT2D eigenvalue weighted by molar-refractivity contribution is -0.128. The van der Waals surface area contributed by atoms with Gasteiger partial charge in [-0.15, -0.1) is 0 Å². The number of nitrogens with zero attached hydrogens (tertiary/aromatic N) is 1. The molecule has 1 amide bonds. The van der Waals surface area contributed by atoms with Gasteiger partial charge >= 0.3 is 0 Å². The summed E-state index contributed by atoms with van der Waals surface area (Å²) in [6, 6.07) is 13.4. The van der Waals surface area contributed by atoms with Gasteiger partial charge in [0.25, 0.3) is 5.91 Å². The van der Waals surface area contributed by atoms with Crippen molar-refractivity contribution in [1.29, 1.82) is 0 Å². The van der Waals surface area contributed by atoms with Crippen molar-refractivity contribution in [3.05, 3.63) is 65.7 Å². The highest BCUT2D eigenvalue weighted by molar-refractivity contribution is 5.81. The number of ether oxygens (including phenoxy) is 1. The van der Waals surface area contributed by atoms with Crippen molar-refractivity contribution in [2.24, 2.45) is 0 Å². The van der Waals surface area contributed by atoms with E-state index in [1.807, 2.05) is 18.2 Å². The predicted octanol–water partition coefficient (Wildman–Crippen LogP) is 3.51. The maximum absolute atomic E-state index is 13.7. The van der Waals surface area contributed by atoms with E-state index in [-0.39, 0.29) is 17.7 Å². The van der Waals surface area contributed by atoms with Crippen LogP contribution in [-0.4, -0.2) is 36.0 Å². The Labute approximate surface area is 158 Å². The second-order valence-electron chi connectivity index (χ2n) is 6.88. The number of rotatable bonds is 6. The van der Waals surface area contributed by atoms with E-state index in [2.05, 4.69) is 22.3 Å². The summed E-state index contributed by atoms with van der Waals surface area (Å²) in [5.41, 5.74) is 1.28. The predicted molar refractivity (Wildman–Crippen MR) is 99.3 cm³/mol. The summed E-state index contributed by atoms with van der Waals surface area (Å²) in [6.45, 7) is 4.27. The van der Waals surface area contributed by atoms with Crippen LogP contribution >= 0.6 is 0 Å². The average molecular weight is 374 g/mol. The maximum atomic E-state index is 13.7. The van der Waals surface area contributed by atoms with Gasteiger partial charge in [0.15, 0.2) is 17.7 Å². The van der Waals surface area contributed by atoms with Crippen LogP contribution in [0.4, 0.5) is 8.78 Å². The number of hydrogen-bond donors (Lipinski definition) is 1. The van der Waals surface area contributed by atoms with E-state index < -0.39 is 17.7 Å². The Morgan fingerprint density at radius 3 is 2.56 bits per heavy atom. The molecule has 0 bridgehead atoms. The first-order chi connectivity index (χ1) is 13.0. The molecule has 1 heterocycles. The van der Waals surface area contributed by atoms with Gasteiger partial charge < -0.3 is 10.1 Å². The molecule has 4 nitrogen and oxygen atoms in total. The SMILES string of the molecule is C[C@H](Oc1ccc(F)cc1F)C(=O)NC1CCN(Cc2ccccc2)CC1. The normalized spacial score (nSPS) is 16.7. The molecule has 0 unspecified atom stereocenters. The number of carbonyl (C=O) groups excluding carboxylic acids is 1. The van der Waals surface area contributed by atoms with Crippen molar-refractivity contribution in [1.82, 2.24) is 10.2 Å². The molecule has 1 saturated heterocycles. The monoisotopic (exact) mass is 374 g/mol. The molecule has 1 N–H and O–H groups in total. The topological polar surface area (TPSA) is 41.6 Å². The first-order valence-electron chi connectivity index (χ1n) is 9.19. The Bertz CT molecular complexity index is 762. The van der Waals surface area contributed by atoms with E-state index >= 15 is 0 Å². The van der Waals surface area contributed by atoms with Crippen molar-refractivity contribution in [3.63, 3.8) is 0 Å². The standard InChI is InChI=1S/C21H24F2N2O2/c1-15(27-20-8-7-17(22)13-19(20)23)21(26)24-18-9-11-25(12-10-18)14-16-5-3-2-4-6-16/h2-8,13,15,18H,9-12,14H2,1H3,(H,24,26)/t15-/m0/s1. The quantitative estimate of drug-likeness (QED) is 0.841. The number of likely N-dealkylation sites (tertiary alicyclic amines) is 1. The highest BCUT2D eigenvalue weighted by Crippen LogP contribution is 2.19. The third-order valence-corrected chi connectivity index (χ3v) is 4.75. The number of nitrogens with one attached hydrogen (secondary N) is 1. The Kier molecular flexibility index (Phi) is 6.40. The zero-order valence-corrected chi connectivity index (χ0v) is 15.3. The molecule has 1 aliphatic rings. The van der Waals surface area contributed by atoms with Crippen LogP contribution in [0.15, 0.2) is 48.5 Å². The summed E-state index contributed by atoms with van der Waals surface area (Å²) in [5.74, 6) is -1.92. The van der Waals surface area contributed by atoms with Crippen LogP contribution in [0.3, 0.4) is 0 Å². The van der Waals surface area contributed by atoms with Crippen LogP contribution in [0.25, 0.3) is 0 Å². The highest BCUT2D eigenvalue weighted by atomic mass is 19.1. The van der Waals surface area contributed by atoms with Crippen molar-refractivity contribution in [2.45, 2.75) is 38.5 Å². The fourth-order valence-electron chi connectivity index (χ4n) is 3.21. The highest BCUT2D eigenvalue weighted by Gasteiger charge is 2.24. The van der Waals surface area contributed by atoms with Crippen molar-refractivity contribution in [3.8, 4) is 5.75 Å². The van der Waals surface area contributed by atoms with Crippen molar-refractivity contribution >= 4 is 5.91 Å². The second-order valence-corrected chi connectivity index (χ2v) is 6.88. The fraction of sp³-hybridized carbons (Fsp3) is 0.381. The summed E-state index contributed by atoms with van der Waals surface area (Å²) >= 11 is 0. The van der Waals surface area contributed by atoms with Crippen LogP contribution in [0.5, 0.6) is 5.75 Å². The van der Waals surface area contributed by atoms with Crippen LogP contribution in [0.2, 0.25) is 0 Å². The minimum atomic E-state index is -0.854. The molecule has 0 radical (unpaired) electrons. The lowest BCUT2D eigenvalue weighted by atomic mass is 10.0. The smallest absolute Gasteiger partial charge is 0.260 e. The van der Waals surface area contributed by atoms with Gasteiger partial charge in [-0.05, 0) is 37.5 Å². The van der Waals surface area contributed by atoms with Gasteiger partial charge in [0.2, 0.25) is 0 Å². The number of carbonyl (C=O) groups is 1. The molecule has 1 atom stereocenters. The van der Waals surface area contributed by atoms with E-state index in [1.165, 1.54) is 11.6 Å². The van der Waals surface area contributed by atoms with Gasteiger partial charge in [-0.2, -0.15) is 0 Å². The molecule has 0 spiro atoms. The van der Waals surface area contributed by atoms with Gasteiger partial charge in [-0.3, -0.25) is 9.69 Å². The minimum Gasteiger partial charge on any atom is -0.478 e. The zero-order valence-electron chi connectivity index (χ0n) is 15.3. The van der Waals surface area contributed by atoms with Gasteiger partial charge in [-0.1, -0.05) is 30.3 Å². The lowest BCUT2D eigenvalue weighted by Gasteiger charge is -2.32. The summed E-state index contributed by atoms with van der Waals surface area (Å²) < 4.78 is 31.9. The Balaban J connectivity index is 1.44. The lowest BCUT2D eigenvalue weighted by Crippen LogP contribution is -2.47. The first kappa shape index (κ1) is 19.3. The number of amides is 1. The zero-order chi connectivity index (χ0) is 19.2. The molecule has 0 aliphatic carbocycles. The Hall–Kier alpha value is -2.47. The third kappa shape index (κ3) is 5.50. The summed E-state index contributed by atoms with van der Waals surface area (Å²) in [5, 5.41) is 2.97. The van der Waals surface area contributed by atoms with Crippen LogP contribution in [-0.2, 0) is 11.3 Å². The largest absolute Gasteiger partial charge is 0.478 e. The molecule has 0 saturated carbocycles. The number of piperidine rings is 1. The van der Waals surface area contributed by atoms with E-state index in [0.717, 1.165) is 44.6 Å². The molecule has 1 fully saturated rings. The molecular weight excluding hydrogens is 350 g/mol. The molecular formula is C21H24F2N2O2. The van der Waals surface area contributed by atoms with Crippen LogP contribution < -0.4 is 10.1 Å². The Morgan fingerprint density at radius 2 is 1.89 bits per heavy atom. The summed E-state index contributed by atoms with van der Waals surface area (Å²) in [7, 11) is 0. The van der Waals surface area contributed by atoms with E-state index in [1.54, 1.807) is 6.92 Å². The number of halogens is 2. The van der Waals surface area contributed by atoms with E-state index in [4.69, 9.17) is 4.74 Å². The molecule has 2 aromatic carbocycles. The average Bonchev–Trinajstić information content (AvgIpc) is 2.66. The van der Waals surface area contributed by atoms with E-state index in [9.17, 15) is 13.6 Å². The number of hydrogen-bond acceptors (Lipinski definition) is 3. The van der Waals surface area contributed by atoms with Gasteiger partial charge in [-0.25, -0.2) is 8.78 Å². The molecule has 1 aliphatic heterocycles. The van der Waals surface area contributed by atoms with Gasteiger partial charge in [0.1, 0.15) is 5.82 Å². The molecule has 27 heavy (non-hydrogen) atoms. The molecule has 3 rings (SSSR count). The summed E-state index contributed by atoms with van der Waals surface area (Å²) in [4.78, 5) is 14.7. The number of benzene rings is 2. The Morgan fingerprint density at radius 1 is 1.19 bits per heavy atom. The van der Waals surface area contributed by atoms with Crippen molar-refractivity contribution < 1.29 is 18.3 Å². The summed E-state index contributed by atoms with van der Waals surface area (Å²) in [6.07, 6.45) is 0.860. The molecule has 144 valence electrons. The van der Waals surface area contributed by atoms with Crippen molar-refractivity contribution in [2.75, 3.05) is 13.1 Å².